The fourth-order valence-electron chi connectivity index (χ4n) is 4.40. The molecule has 10 heteroatoms. The summed E-state index contributed by atoms with van der Waals surface area (Å²) in [5, 5.41) is 13.6. The second kappa shape index (κ2) is 10.8. The number of rotatable bonds is 6. The second-order valence-electron chi connectivity index (χ2n) is 9.45. The number of likely N-dealkylation sites (tertiary alicyclic amines) is 1. The summed E-state index contributed by atoms with van der Waals surface area (Å²) in [7, 11) is 3.35. The molecule has 1 aliphatic rings. The lowest BCUT2D eigenvalue weighted by atomic mass is 10.0. The van der Waals surface area contributed by atoms with Crippen LogP contribution in [0.25, 0.3) is 22.0 Å². The molecule has 190 valence electrons. The van der Waals surface area contributed by atoms with Gasteiger partial charge in [-0.1, -0.05) is 12.5 Å². The van der Waals surface area contributed by atoms with Gasteiger partial charge in [-0.3, -0.25) is 24.8 Å². The third kappa shape index (κ3) is 5.75. The van der Waals surface area contributed by atoms with Gasteiger partial charge in [-0.05, 0) is 61.8 Å². The summed E-state index contributed by atoms with van der Waals surface area (Å²) in [6.07, 6.45) is 8.77. The van der Waals surface area contributed by atoms with Gasteiger partial charge in [-0.25, -0.2) is 4.79 Å². The van der Waals surface area contributed by atoms with Crippen LogP contribution in [0.2, 0.25) is 0 Å². The van der Waals surface area contributed by atoms with Crippen LogP contribution in [0.1, 0.15) is 35.4 Å². The summed E-state index contributed by atoms with van der Waals surface area (Å²) in [5.74, 6) is -0.320. The number of benzene rings is 1. The molecule has 5 rings (SSSR count). The number of anilines is 2. The lowest BCUT2D eigenvalue weighted by Gasteiger charge is -2.25. The number of nitrogens with one attached hydrogen (secondary N) is 3. The minimum Gasteiger partial charge on any atom is -0.331 e. The number of fused-ring (bicyclic) bond motifs is 1. The topological polar surface area (TPSA) is 119 Å². The molecule has 0 spiro atoms. The Kier molecular flexibility index (Phi) is 7.09. The van der Waals surface area contributed by atoms with E-state index < -0.39 is 0 Å². The molecule has 1 aliphatic heterocycles. The summed E-state index contributed by atoms with van der Waals surface area (Å²) in [5.41, 5.74) is 4.88. The van der Waals surface area contributed by atoms with Crippen LogP contribution in [0.4, 0.5) is 16.2 Å². The average molecular weight is 499 g/mol. The van der Waals surface area contributed by atoms with E-state index in [-0.39, 0.29) is 11.9 Å². The molecule has 0 radical (unpaired) electrons. The van der Waals surface area contributed by atoms with Crippen LogP contribution < -0.4 is 10.6 Å². The Labute approximate surface area is 215 Å². The van der Waals surface area contributed by atoms with Crippen molar-refractivity contribution in [2.24, 2.45) is 0 Å². The highest BCUT2D eigenvalue weighted by Crippen LogP contribution is 2.27. The van der Waals surface area contributed by atoms with E-state index in [4.69, 9.17) is 0 Å². The Morgan fingerprint density at radius 3 is 2.54 bits per heavy atom. The van der Waals surface area contributed by atoms with Gasteiger partial charge in [-0.15, -0.1) is 0 Å². The van der Waals surface area contributed by atoms with Crippen molar-refractivity contribution in [2.45, 2.75) is 25.8 Å². The molecule has 3 aromatic heterocycles. The van der Waals surface area contributed by atoms with Crippen LogP contribution in [0.3, 0.4) is 0 Å². The van der Waals surface area contributed by atoms with Crippen molar-refractivity contribution in [3.63, 3.8) is 0 Å². The molecular formula is C27H30N8O2. The first-order valence-corrected chi connectivity index (χ1v) is 12.4. The molecule has 1 saturated heterocycles. The van der Waals surface area contributed by atoms with E-state index in [2.05, 4.69) is 35.7 Å². The molecule has 0 unspecified atom stereocenters. The highest BCUT2D eigenvalue weighted by atomic mass is 16.2. The molecular weight excluding hydrogens is 468 g/mol. The number of aromatic amines is 1. The number of hydrogen-bond acceptors (Lipinski definition) is 6. The summed E-state index contributed by atoms with van der Waals surface area (Å²) in [6.45, 7) is 3.05. The van der Waals surface area contributed by atoms with E-state index in [1.807, 2.05) is 36.4 Å². The van der Waals surface area contributed by atoms with Crippen molar-refractivity contribution in [1.29, 1.82) is 0 Å². The fraction of sp³-hybridized carbons (Fsp3) is 0.296. The minimum atomic E-state index is -0.320. The summed E-state index contributed by atoms with van der Waals surface area (Å²) >= 11 is 0. The highest BCUT2D eigenvalue weighted by molar-refractivity contribution is 6.11. The van der Waals surface area contributed by atoms with Crippen LogP contribution in [0, 0.1) is 0 Å². The average Bonchev–Trinajstić information content (AvgIpc) is 3.34. The summed E-state index contributed by atoms with van der Waals surface area (Å²) in [4.78, 5) is 37.7. The van der Waals surface area contributed by atoms with Crippen LogP contribution >= 0.6 is 0 Å². The first-order chi connectivity index (χ1) is 18.0. The van der Waals surface area contributed by atoms with Crippen LogP contribution in [0.15, 0.2) is 55.0 Å². The van der Waals surface area contributed by atoms with E-state index in [0.717, 1.165) is 42.0 Å². The number of aromatic nitrogens is 4. The largest absolute Gasteiger partial charge is 0.331 e. The molecule has 3 N–H and O–H groups in total. The van der Waals surface area contributed by atoms with E-state index in [9.17, 15) is 9.59 Å². The molecule has 0 aliphatic carbocycles. The van der Waals surface area contributed by atoms with Gasteiger partial charge in [0, 0.05) is 37.8 Å². The van der Waals surface area contributed by atoms with Crippen LogP contribution in [-0.4, -0.2) is 69.1 Å². The van der Waals surface area contributed by atoms with Crippen LogP contribution in [-0.2, 0) is 6.54 Å². The molecule has 0 bridgehead atoms. The van der Waals surface area contributed by atoms with Gasteiger partial charge < -0.3 is 15.5 Å². The lowest BCUT2D eigenvalue weighted by molar-refractivity contribution is 0.102. The number of H-pyrrole nitrogens is 1. The van der Waals surface area contributed by atoms with Gasteiger partial charge in [0.05, 0.1) is 35.0 Å². The number of hydrogen-bond donors (Lipinski definition) is 3. The monoisotopic (exact) mass is 498 g/mol. The van der Waals surface area contributed by atoms with Crippen molar-refractivity contribution in [3.8, 4) is 11.1 Å². The Morgan fingerprint density at radius 1 is 0.946 bits per heavy atom. The second-order valence-corrected chi connectivity index (χ2v) is 9.45. The molecule has 3 amide bonds. The Hall–Kier alpha value is -4.31. The molecule has 0 saturated carbocycles. The number of nitrogens with zero attached hydrogens (tertiary/aromatic N) is 5. The van der Waals surface area contributed by atoms with Gasteiger partial charge in [0.25, 0.3) is 5.91 Å². The first-order valence-electron chi connectivity index (χ1n) is 12.4. The quantitative estimate of drug-likeness (QED) is 0.364. The number of carbonyl (C=O) groups excluding carboxylic acids is 2. The Balaban J connectivity index is 1.31. The van der Waals surface area contributed by atoms with Gasteiger partial charge >= 0.3 is 6.03 Å². The molecule has 0 atom stereocenters. The number of urea groups is 1. The lowest BCUT2D eigenvalue weighted by Crippen LogP contribution is -2.29. The zero-order valence-electron chi connectivity index (χ0n) is 21.0. The number of piperidine rings is 1. The maximum Gasteiger partial charge on any atom is 0.321 e. The normalized spacial score (nSPS) is 13.9. The number of amides is 3. The fourth-order valence-corrected chi connectivity index (χ4v) is 4.40. The third-order valence-electron chi connectivity index (χ3n) is 6.42. The van der Waals surface area contributed by atoms with E-state index in [0.29, 0.717) is 22.5 Å². The van der Waals surface area contributed by atoms with Gasteiger partial charge in [0.2, 0.25) is 0 Å². The molecule has 37 heavy (non-hydrogen) atoms. The van der Waals surface area contributed by atoms with E-state index in [1.54, 1.807) is 32.7 Å². The third-order valence-corrected chi connectivity index (χ3v) is 6.42. The Bertz CT molecular complexity index is 1410. The van der Waals surface area contributed by atoms with Crippen molar-refractivity contribution in [3.05, 3.63) is 66.4 Å². The SMILES string of the molecule is CN(C)C(=O)Nc1cncc(-c2ccc3[nH]nc(C(=O)Nc4ccc(CN5CCCCC5)nc4)c3c2)c1. The first kappa shape index (κ1) is 24.4. The van der Waals surface area contributed by atoms with Gasteiger partial charge in [-0.2, -0.15) is 5.10 Å². The predicted molar refractivity (Wildman–Crippen MR) is 143 cm³/mol. The van der Waals surface area contributed by atoms with E-state index >= 15 is 0 Å². The van der Waals surface area contributed by atoms with Crippen molar-refractivity contribution < 1.29 is 9.59 Å². The van der Waals surface area contributed by atoms with Crippen molar-refractivity contribution >= 4 is 34.2 Å². The Morgan fingerprint density at radius 2 is 1.78 bits per heavy atom. The van der Waals surface area contributed by atoms with Crippen LogP contribution in [0.5, 0.6) is 0 Å². The molecule has 1 fully saturated rings. The number of pyridine rings is 2. The standard InChI is InChI=1S/C27H30N8O2/c1-34(2)27(37)31-22-12-19(14-28-15-22)18-6-9-24-23(13-18)25(33-32-24)26(36)30-20-7-8-21(29-16-20)17-35-10-4-3-5-11-35/h6-9,12-16H,3-5,10-11,17H2,1-2H3,(H,30,36)(H,31,37)(H,32,33). The number of carbonyl (C=O) groups is 2. The zero-order chi connectivity index (χ0) is 25.8. The molecule has 1 aromatic carbocycles. The molecule has 10 nitrogen and oxygen atoms in total. The predicted octanol–water partition coefficient (Wildman–Crippen LogP) is 4.35. The van der Waals surface area contributed by atoms with E-state index in [1.165, 1.54) is 24.2 Å². The van der Waals surface area contributed by atoms with Crippen molar-refractivity contribution in [1.82, 2.24) is 30.0 Å². The maximum atomic E-state index is 13.1. The van der Waals surface area contributed by atoms with Crippen molar-refractivity contribution in [2.75, 3.05) is 37.8 Å². The highest BCUT2D eigenvalue weighted by Gasteiger charge is 2.17. The minimum absolute atomic E-state index is 0.239. The summed E-state index contributed by atoms with van der Waals surface area (Å²) in [6, 6.07) is 11.1. The summed E-state index contributed by atoms with van der Waals surface area (Å²) < 4.78 is 0. The maximum absolute atomic E-state index is 13.1. The molecule has 4 heterocycles. The smallest absolute Gasteiger partial charge is 0.321 e. The van der Waals surface area contributed by atoms with Gasteiger partial charge in [0.15, 0.2) is 5.69 Å². The zero-order valence-corrected chi connectivity index (χ0v) is 21.0. The molecule has 4 aromatic rings. The van der Waals surface area contributed by atoms with Gasteiger partial charge in [0.1, 0.15) is 0 Å².